The van der Waals surface area contributed by atoms with E-state index in [9.17, 15) is 9.50 Å². The number of ether oxygens (including phenoxy) is 2. The fraction of sp³-hybridized carbons (Fsp3) is 0.250. The van der Waals surface area contributed by atoms with E-state index in [1.807, 2.05) is 10.6 Å². The van der Waals surface area contributed by atoms with Crippen molar-refractivity contribution in [3.8, 4) is 22.8 Å². The van der Waals surface area contributed by atoms with Crippen molar-refractivity contribution >= 4 is 21.9 Å². The number of imidazole rings is 1. The molecule has 0 aliphatic carbocycles. The highest BCUT2D eigenvalue weighted by molar-refractivity contribution is 9.10. The number of aromatic nitrogens is 2. The molecule has 3 aromatic rings. The Hall–Kier alpha value is -2.58. The highest BCUT2D eigenvalue weighted by Gasteiger charge is 2.13. The Balaban J connectivity index is 1.85. The Labute approximate surface area is 171 Å². The highest BCUT2D eigenvalue weighted by atomic mass is 79.9. The third-order valence-electron chi connectivity index (χ3n) is 4.27. The van der Waals surface area contributed by atoms with Crippen molar-refractivity contribution in [1.82, 2.24) is 9.55 Å². The first-order valence-corrected chi connectivity index (χ1v) is 9.42. The summed E-state index contributed by atoms with van der Waals surface area (Å²) >= 11 is 3.33. The fourth-order valence-corrected chi connectivity index (χ4v) is 3.33. The number of anilines is 1. The van der Waals surface area contributed by atoms with E-state index in [-0.39, 0.29) is 11.6 Å². The Morgan fingerprint density at radius 2 is 1.96 bits per heavy atom. The van der Waals surface area contributed by atoms with Gasteiger partial charge in [-0.15, -0.1) is 0 Å². The number of hydrogen-bond acceptors (Lipinski definition) is 5. The van der Waals surface area contributed by atoms with E-state index in [0.717, 1.165) is 16.8 Å². The Morgan fingerprint density at radius 1 is 1.21 bits per heavy atom. The van der Waals surface area contributed by atoms with Crippen molar-refractivity contribution < 1.29 is 19.0 Å². The molecule has 28 heavy (non-hydrogen) atoms. The van der Waals surface area contributed by atoms with Gasteiger partial charge >= 0.3 is 0 Å². The van der Waals surface area contributed by atoms with E-state index in [4.69, 9.17) is 9.47 Å². The summed E-state index contributed by atoms with van der Waals surface area (Å²) in [5.74, 6) is 0.837. The molecule has 0 saturated carbocycles. The first-order chi connectivity index (χ1) is 13.5. The maximum atomic E-state index is 13.3. The van der Waals surface area contributed by atoms with Gasteiger partial charge in [0.1, 0.15) is 5.82 Å². The van der Waals surface area contributed by atoms with Crippen LogP contribution in [0.15, 0.2) is 47.1 Å². The molecule has 1 aromatic heterocycles. The standard InChI is InChI=1S/C20H21BrFN3O3/c1-27-8-7-25-17(14-3-5-15(22)6-4-14)12-24-20(25)23-11-13-9-16(21)19(26)18(10-13)28-2/h3-6,9-10,12,26H,7-8,11H2,1-2H3,(H,23,24). The third-order valence-corrected chi connectivity index (χ3v) is 4.88. The molecular weight excluding hydrogens is 429 g/mol. The van der Waals surface area contributed by atoms with Crippen LogP contribution >= 0.6 is 15.9 Å². The molecule has 0 saturated heterocycles. The van der Waals surface area contributed by atoms with Crippen molar-refractivity contribution in [2.45, 2.75) is 13.1 Å². The van der Waals surface area contributed by atoms with Crippen LogP contribution in [-0.4, -0.2) is 35.5 Å². The van der Waals surface area contributed by atoms with E-state index in [1.54, 1.807) is 31.5 Å². The molecule has 0 aliphatic rings. The smallest absolute Gasteiger partial charge is 0.203 e. The summed E-state index contributed by atoms with van der Waals surface area (Å²) in [6.45, 7) is 1.58. The molecule has 0 aliphatic heterocycles. The van der Waals surface area contributed by atoms with E-state index in [1.165, 1.54) is 19.2 Å². The van der Waals surface area contributed by atoms with E-state index in [2.05, 4.69) is 26.2 Å². The maximum Gasteiger partial charge on any atom is 0.203 e. The number of methoxy groups -OCH3 is 2. The number of rotatable bonds is 8. The molecule has 6 nitrogen and oxygen atoms in total. The topological polar surface area (TPSA) is 68.5 Å². The molecule has 0 spiro atoms. The second-order valence-corrected chi connectivity index (χ2v) is 6.95. The zero-order valence-electron chi connectivity index (χ0n) is 15.6. The van der Waals surface area contributed by atoms with Crippen LogP contribution in [0.2, 0.25) is 0 Å². The highest BCUT2D eigenvalue weighted by Crippen LogP contribution is 2.35. The number of hydrogen-bond donors (Lipinski definition) is 2. The van der Waals surface area contributed by atoms with Gasteiger partial charge in [-0.2, -0.15) is 0 Å². The average molecular weight is 450 g/mol. The normalized spacial score (nSPS) is 10.9. The molecule has 0 amide bonds. The molecular formula is C20H21BrFN3O3. The van der Waals surface area contributed by atoms with Gasteiger partial charge in [0.2, 0.25) is 5.95 Å². The molecule has 148 valence electrons. The molecule has 0 radical (unpaired) electrons. The zero-order chi connectivity index (χ0) is 20.1. The minimum atomic E-state index is -0.281. The van der Waals surface area contributed by atoms with Gasteiger partial charge in [0.05, 0.1) is 30.1 Å². The second kappa shape index (κ2) is 9.07. The number of phenolic OH excluding ortho intramolecular Hbond substituents is 1. The Bertz CT molecular complexity index is 945. The van der Waals surface area contributed by atoms with Crippen LogP contribution in [0.5, 0.6) is 11.5 Å². The van der Waals surface area contributed by atoms with Crippen molar-refractivity contribution in [2.75, 3.05) is 26.1 Å². The zero-order valence-corrected chi connectivity index (χ0v) is 17.2. The van der Waals surface area contributed by atoms with Crippen molar-refractivity contribution in [1.29, 1.82) is 0 Å². The Morgan fingerprint density at radius 3 is 2.64 bits per heavy atom. The second-order valence-electron chi connectivity index (χ2n) is 6.10. The Kier molecular flexibility index (Phi) is 6.53. The van der Waals surface area contributed by atoms with Crippen molar-refractivity contribution in [3.63, 3.8) is 0 Å². The van der Waals surface area contributed by atoms with Crippen LogP contribution in [0.4, 0.5) is 10.3 Å². The lowest BCUT2D eigenvalue weighted by Gasteiger charge is -2.14. The molecule has 3 rings (SSSR count). The molecule has 0 bridgehead atoms. The number of phenols is 1. The summed E-state index contributed by atoms with van der Waals surface area (Å²) in [5, 5.41) is 13.3. The summed E-state index contributed by atoms with van der Waals surface area (Å²) in [6, 6.07) is 9.88. The fourth-order valence-electron chi connectivity index (χ4n) is 2.84. The van der Waals surface area contributed by atoms with E-state index >= 15 is 0 Å². The minimum Gasteiger partial charge on any atom is -0.503 e. The average Bonchev–Trinajstić information content (AvgIpc) is 3.10. The van der Waals surface area contributed by atoms with Gasteiger partial charge < -0.3 is 24.5 Å². The van der Waals surface area contributed by atoms with Gasteiger partial charge in [0, 0.05) is 25.8 Å². The molecule has 0 fully saturated rings. The summed E-state index contributed by atoms with van der Waals surface area (Å²) in [6.07, 6.45) is 1.75. The largest absolute Gasteiger partial charge is 0.503 e. The first kappa shape index (κ1) is 20.2. The number of halogens is 2. The van der Waals surface area contributed by atoms with E-state index in [0.29, 0.717) is 35.9 Å². The predicted octanol–water partition coefficient (Wildman–Crippen LogP) is 4.42. The predicted molar refractivity (Wildman–Crippen MR) is 109 cm³/mol. The first-order valence-electron chi connectivity index (χ1n) is 8.63. The third kappa shape index (κ3) is 4.45. The van der Waals surface area contributed by atoms with Gasteiger partial charge in [-0.3, -0.25) is 0 Å². The van der Waals surface area contributed by atoms with Crippen LogP contribution < -0.4 is 10.1 Å². The monoisotopic (exact) mass is 449 g/mol. The van der Waals surface area contributed by atoms with Gasteiger partial charge in [-0.05, 0) is 57.9 Å². The van der Waals surface area contributed by atoms with Gasteiger partial charge in [-0.1, -0.05) is 0 Å². The molecule has 2 N–H and O–H groups in total. The van der Waals surface area contributed by atoms with Crippen molar-refractivity contribution in [3.05, 3.63) is 58.4 Å². The molecule has 0 atom stereocenters. The minimum absolute atomic E-state index is 0.0615. The lowest BCUT2D eigenvalue weighted by molar-refractivity contribution is 0.188. The number of aromatic hydroxyl groups is 1. The number of nitrogens with one attached hydrogen (secondary N) is 1. The lowest BCUT2D eigenvalue weighted by atomic mass is 10.1. The molecule has 1 heterocycles. The number of nitrogens with zero attached hydrogens (tertiary/aromatic N) is 2. The van der Waals surface area contributed by atoms with Gasteiger partial charge in [-0.25, -0.2) is 9.37 Å². The van der Waals surface area contributed by atoms with Crippen LogP contribution in [-0.2, 0) is 17.8 Å². The van der Waals surface area contributed by atoms with Crippen LogP contribution in [0, 0.1) is 5.82 Å². The quantitative estimate of drug-likeness (QED) is 0.532. The van der Waals surface area contributed by atoms with Crippen LogP contribution in [0.3, 0.4) is 0 Å². The maximum absolute atomic E-state index is 13.3. The molecule has 0 unspecified atom stereocenters. The number of benzene rings is 2. The van der Waals surface area contributed by atoms with Crippen LogP contribution in [0.25, 0.3) is 11.3 Å². The van der Waals surface area contributed by atoms with Gasteiger partial charge in [0.15, 0.2) is 11.5 Å². The SMILES string of the molecule is COCCn1c(-c2ccc(F)cc2)cnc1NCc1cc(Br)c(O)c(OC)c1. The van der Waals surface area contributed by atoms with Gasteiger partial charge in [0.25, 0.3) is 0 Å². The van der Waals surface area contributed by atoms with E-state index < -0.39 is 0 Å². The van der Waals surface area contributed by atoms with Crippen molar-refractivity contribution in [2.24, 2.45) is 0 Å². The molecule has 2 aromatic carbocycles. The summed E-state index contributed by atoms with van der Waals surface area (Å²) < 4.78 is 26.2. The summed E-state index contributed by atoms with van der Waals surface area (Å²) in [5.41, 5.74) is 2.64. The lowest BCUT2D eigenvalue weighted by Crippen LogP contribution is -2.11. The summed E-state index contributed by atoms with van der Waals surface area (Å²) in [4.78, 5) is 4.48. The molecule has 8 heteroatoms. The summed E-state index contributed by atoms with van der Waals surface area (Å²) in [7, 11) is 3.15. The van der Waals surface area contributed by atoms with Crippen LogP contribution in [0.1, 0.15) is 5.56 Å².